The van der Waals surface area contributed by atoms with Gasteiger partial charge in [0.25, 0.3) is 0 Å². The van der Waals surface area contributed by atoms with E-state index in [4.69, 9.17) is 0 Å². The summed E-state index contributed by atoms with van der Waals surface area (Å²) >= 11 is 3.36. The van der Waals surface area contributed by atoms with Gasteiger partial charge in [-0.2, -0.15) is 0 Å². The zero-order valence-corrected chi connectivity index (χ0v) is 10.2. The molecule has 1 N–H and O–H groups in total. The van der Waals surface area contributed by atoms with Gasteiger partial charge in [-0.05, 0) is 37.0 Å². The van der Waals surface area contributed by atoms with Crippen LogP contribution in [0, 0.1) is 11.7 Å². The molecule has 1 nitrogen and oxygen atoms in total. The van der Waals surface area contributed by atoms with Gasteiger partial charge >= 0.3 is 0 Å². The van der Waals surface area contributed by atoms with Crippen LogP contribution >= 0.6 is 15.9 Å². The average Bonchev–Trinajstić information content (AvgIpc) is 2.83. The van der Waals surface area contributed by atoms with Crippen molar-refractivity contribution < 1.29 is 9.50 Å². The van der Waals surface area contributed by atoms with Gasteiger partial charge in [-0.15, -0.1) is 0 Å². The zero-order chi connectivity index (χ0) is 11.1. The molecule has 0 heterocycles. The van der Waals surface area contributed by atoms with E-state index in [9.17, 15) is 9.50 Å². The van der Waals surface area contributed by atoms with Gasteiger partial charge in [-0.3, -0.25) is 0 Å². The van der Waals surface area contributed by atoms with Gasteiger partial charge in [0.2, 0.25) is 0 Å². The smallest absolute Gasteiger partial charge is 0.123 e. The van der Waals surface area contributed by atoms with E-state index in [1.807, 2.05) is 0 Å². The lowest BCUT2D eigenvalue weighted by Gasteiger charge is -2.13. The van der Waals surface area contributed by atoms with Gasteiger partial charge in [0.05, 0.1) is 5.60 Å². The number of halogens is 2. The highest BCUT2D eigenvalue weighted by molar-refractivity contribution is 9.10. The van der Waals surface area contributed by atoms with Crippen molar-refractivity contribution in [3.05, 3.63) is 34.1 Å². The number of benzene rings is 1. The molecule has 15 heavy (non-hydrogen) atoms. The first kappa shape index (κ1) is 11.1. The Hall–Kier alpha value is -0.410. The van der Waals surface area contributed by atoms with E-state index in [1.165, 1.54) is 12.1 Å². The Morgan fingerprint density at radius 3 is 3.00 bits per heavy atom. The Labute approximate surface area is 97.4 Å². The second-order valence-electron chi connectivity index (χ2n) is 4.24. The predicted octanol–water partition coefficient (Wildman–Crippen LogP) is 3.60. The fourth-order valence-electron chi connectivity index (χ4n) is 2.17. The molecule has 0 saturated heterocycles. The predicted molar refractivity (Wildman–Crippen MR) is 61.0 cm³/mol. The molecule has 0 aliphatic heterocycles. The van der Waals surface area contributed by atoms with Crippen LogP contribution in [0.2, 0.25) is 0 Å². The van der Waals surface area contributed by atoms with E-state index < -0.39 is 5.60 Å². The van der Waals surface area contributed by atoms with Crippen molar-refractivity contribution in [1.29, 1.82) is 0 Å². The van der Waals surface area contributed by atoms with Crippen molar-refractivity contribution in [1.82, 2.24) is 0 Å². The van der Waals surface area contributed by atoms with Gasteiger partial charge in [0.15, 0.2) is 0 Å². The van der Waals surface area contributed by atoms with E-state index in [1.54, 1.807) is 6.07 Å². The molecule has 0 amide bonds. The molecular formula is C12H14BrFO. The molecule has 1 aromatic rings. The first-order valence-electron chi connectivity index (χ1n) is 5.26. The van der Waals surface area contributed by atoms with Crippen LogP contribution < -0.4 is 0 Å². The van der Waals surface area contributed by atoms with Crippen molar-refractivity contribution in [2.24, 2.45) is 5.92 Å². The van der Waals surface area contributed by atoms with Gasteiger partial charge in [0, 0.05) is 10.0 Å². The Morgan fingerprint density at radius 2 is 2.33 bits per heavy atom. The molecule has 0 radical (unpaired) electrons. The maximum Gasteiger partial charge on any atom is 0.123 e. The third-order valence-electron chi connectivity index (χ3n) is 3.10. The molecule has 2 rings (SSSR count). The number of rotatable bonds is 3. The van der Waals surface area contributed by atoms with Gasteiger partial charge in [-0.25, -0.2) is 4.39 Å². The summed E-state index contributed by atoms with van der Waals surface area (Å²) in [7, 11) is 0. The number of hydrogen-bond acceptors (Lipinski definition) is 1. The van der Waals surface area contributed by atoms with Crippen LogP contribution in [0.25, 0.3) is 0 Å². The molecule has 2 unspecified atom stereocenters. The molecular weight excluding hydrogens is 259 g/mol. The number of aliphatic hydroxyl groups is 1. The zero-order valence-electron chi connectivity index (χ0n) is 8.63. The lowest BCUT2D eigenvalue weighted by Crippen LogP contribution is -2.10. The van der Waals surface area contributed by atoms with E-state index in [2.05, 4.69) is 22.9 Å². The fourth-order valence-corrected chi connectivity index (χ4v) is 2.76. The molecule has 1 fully saturated rings. The SMILES string of the molecule is CCCC1CC1(O)c1cc(F)ccc1Br. The fraction of sp³-hybridized carbons (Fsp3) is 0.500. The third kappa shape index (κ3) is 1.95. The highest BCUT2D eigenvalue weighted by Crippen LogP contribution is 2.55. The van der Waals surface area contributed by atoms with Gasteiger partial charge in [-0.1, -0.05) is 29.3 Å². The first-order valence-corrected chi connectivity index (χ1v) is 6.05. The Kier molecular flexibility index (Phi) is 2.86. The van der Waals surface area contributed by atoms with Crippen molar-refractivity contribution in [2.45, 2.75) is 31.8 Å². The minimum Gasteiger partial charge on any atom is -0.385 e. The Bertz CT molecular complexity index is 380. The monoisotopic (exact) mass is 272 g/mol. The summed E-state index contributed by atoms with van der Waals surface area (Å²) in [5, 5.41) is 10.3. The van der Waals surface area contributed by atoms with E-state index >= 15 is 0 Å². The second-order valence-corrected chi connectivity index (χ2v) is 5.09. The highest BCUT2D eigenvalue weighted by atomic mass is 79.9. The first-order chi connectivity index (χ1) is 7.08. The molecule has 1 saturated carbocycles. The quantitative estimate of drug-likeness (QED) is 0.892. The largest absolute Gasteiger partial charge is 0.385 e. The van der Waals surface area contributed by atoms with Crippen LogP contribution in [0.15, 0.2) is 22.7 Å². The molecule has 1 aliphatic rings. The normalized spacial score (nSPS) is 29.2. The highest BCUT2D eigenvalue weighted by Gasteiger charge is 2.54. The molecule has 0 bridgehead atoms. The van der Waals surface area contributed by atoms with Crippen LogP contribution in [-0.4, -0.2) is 5.11 Å². The van der Waals surface area contributed by atoms with Crippen LogP contribution in [0.4, 0.5) is 4.39 Å². The lowest BCUT2D eigenvalue weighted by atomic mass is 10.0. The van der Waals surface area contributed by atoms with Gasteiger partial charge in [0.1, 0.15) is 5.82 Å². The van der Waals surface area contributed by atoms with Crippen LogP contribution in [0.3, 0.4) is 0 Å². The average molecular weight is 273 g/mol. The summed E-state index contributed by atoms with van der Waals surface area (Å²) in [6.07, 6.45) is 2.81. The summed E-state index contributed by atoms with van der Waals surface area (Å²) in [5.74, 6) is 0.00405. The summed E-state index contributed by atoms with van der Waals surface area (Å²) in [4.78, 5) is 0. The molecule has 1 aliphatic carbocycles. The molecule has 82 valence electrons. The maximum absolute atomic E-state index is 13.1. The Morgan fingerprint density at radius 1 is 1.60 bits per heavy atom. The maximum atomic E-state index is 13.1. The lowest BCUT2D eigenvalue weighted by molar-refractivity contribution is 0.128. The standard InChI is InChI=1S/C12H14BrFO/c1-2-3-8-7-12(8,15)10-6-9(14)4-5-11(10)13/h4-6,8,15H,2-3,7H2,1H3. The Balaban J connectivity index is 2.27. The summed E-state index contributed by atoms with van der Waals surface area (Å²) in [6.45, 7) is 2.10. The summed E-state index contributed by atoms with van der Waals surface area (Å²) in [5.41, 5.74) is -0.0994. The van der Waals surface area contributed by atoms with Crippen LogP contribution in [0.5, 0.6) is 0 Å². The molecule has 2 atom stereocenters. The topological polar surface area (TPSA) is 20.2 Å². The molecule has 1 aromatic carbocycles. The minimum absolute atomic E-state index is 0.288. The van der Waals surface area contributed by atoms with Crippen molar-refractivity contribution >= 4 is 15.9 Å². The van der Waals surface area contributed by atoms with E-state index in [0.29, 0.717) is 11.5 Å². The molecule has 0 aromatic heterocycles. The third-order valence-corrected chi connectivity index (χ3v) is 3.80. The van der Waals surface area contributed by atoms with E-state index in [-0.39, 0.29) is 5.82 Å². The minimum atomic E-state index is -0.795. The summed E-state index contributed by atoms with van der Waals surface area (Å²) in [6, 6.07) is 4.48. The van der Waals surface area contributed by atoms with Crippen molar-refractivity contribution in [2.75, 3.05) is 0 Å². The van der Waals surface area contributed by atoms with Crippen molar-refractivity contribution in [3.63, 3.8) is 0 Å². The molecule has 3 heteroatoms. The van der Waals surface area contributed by atoms with E-state index in [0.717, 1.165) is 23.7 Å². The van der Waals surface area contributed by atoms with Crippen LogP contribution in [0.1, 0.15) is 31.7 Å². The molecule has 0 spiro atoms. The second kappa shape index (κ2) is 3.87. The van der Waals surface area contributed by atoms with Crippen molar-refractivity contribution in [3.8, 4) is 0 Å². The van der Waals surface area contributed by atoms with Crippen LogP contribution in [-0.2, 0) is 5.60 Å². The summed E-state index contributed by atoms with van der Waals surface area (Å²) < 4.78 is 13.9. The van der Waals surface area contributed by atoms with Gasteiger partial charge < -0.3 is 5.11 Å². The number of hydrogen-bond donors (Lipinski definition) is 1.